The molecule has 6 rings (SSSR count). The van der Waals surface area contributed by atoms with Crippen LogP contribution in [0.4, 0.5) is 0 Å². The van der Waals surface area contributed by atoms with Gasteiger partial charge in [-0.1, -0.05) is 18.2 Å². The first-order valence-electron chi connectivity index (χ1n) is 12.6. The third kappa shape index (κ3) is 4.25. The van der Waals surface area contributed by atoms with E-state index in [1.165, 1.54) is 0 Å². The number of ether oxygens (including phenoxy) is 1. The zero-order valence-corrected chi connectivity index (χ0v) is 20.7. The van der Waals surface area contributed by atoms with Gasteiger partial charge in [-0.05, 0) is 36.4 Å². The first-order valence-corrected chi connectivity index (χ1v) is 12.6. The predicted molar refractivity (Wildman–Crippen MR) is 139 cm³/mol. The van der Waals surface area contributed by atoms with E-state index in [0.717, 1.165) is 77.4 Å². The highest BCUT2D eigenvalue weighted by Gasteiger charge is 2.30. The fourth-order valence-electron chi connectivity index (χ4n) is 5.37. The number of hydrogen-bond donors (Lipinski definition) is 1. The van der Waals surface area contributed by atoms with Crippen LogP contribution in [0.25, 0.3) is 33.3 Å². The number of rotatable bonds is 4. The minimum Gasteiger partial charge on any atom is -0.381 e. The second-order valence-corrected chi connectivity index (χ2v) is 9.64. The van der Waals surface area contributed by atoms with Crippen LogP contribution in [0.3, 0.4) is 0 Å². The van der Waals surface area contributed by atoms with Crippen LogP contribution in [0.2, 0.25) is 0 Å². The van der Waals surface area contributed by atoms with Crippen LogP contribution in [0, 0.1) is 0 Å². The smallest absolute Gasteiger partial charge is 0.267 e. The maximum atomic E-state index is 12.2. The molecule has 0 saturated carbocycles. The van der Waals surface area contributed by atoms with Crippen LogP contribution < -0.4 is 5.73 Å². The van der Waals surface area contributed by atoms with Gasteiger partial charge in [0.2, 0.25) is 5.91 Å². The highest BCUT2D eigenvalue weighted by Crippen LogP contribution is 2.37. The number of aromatic nitrogens is 4. The Morgan fingerprint density at radius 2 is 1.89 bits per heavy atom. The summed E-state index contributed by atoms with van der Waals surface area (Å²) >= 11 is 0. The van der Waals surface area contributed by atoms with Crippen molar-refractivity contribution < 1.29 is 14.3 Å². The molecule has 37 heavy (non-hydrogen) atoms. The predicted octanol–water partition coefficient (Wildman–Crippen LogP) is 3.52. The maximum absolute atomic E-state index is 12.2. The third-order valence-electron chi connectivity index (χ3n) is 7.40. The van der Waals surface area contributed by atoms with Crippen molar-refractivity contribution in [2.45, 2.75) is 38.8 Å². The van der Waals surface area contributed by atoms with Crippen molar-refractivity contribution in [1.29, 1.82) is 0 Å². The number of carbonyl (C=O) groups is 2. The molecule has 0 radical (unpaired) electrons. The molecule has 188 valence electrons. The van der Waals surface area contributed by atoms with Crippen molar-refractivity contribution >= 4 is 22.6 Å². The van der Waals surface area contributed by atoms with E-state index < -0.39 is 5.91 Å². The fourth-order valence-corrected chi connectivity index (χ4v) is 5.37. The van der Waals surface area contributed by atoms with Gasteiger partial charge in [-0.2, -0.15) is 0 Å². The van der Waals surface area contributed by atoms with Crippen LogP contribution >= 0.6 is 0 Å². The van der Waals surface area contributed by atoms with E-state index in [-0.39, 0.29) is 11.6 Å². The highest BCUT2D eigenvalue weighted by molar-refractivity contribution is 5.97. The van der Waals surface area contributed by atoms with Gasteiger partial charge in [0, 0.05) is 68.1 Å². The van der Waals surface area contributed by atoms with E-state index in [0.29, 0.717) is 19.0 Å². The summed E-state index contributed by atoms with van der Waals surface area (Å²) in [6, 6.07) is 11.6. The molecule has 1 fully saturated rings. The average Bonchev–Trinajstić information content (AvgIpc) is 3.31. The number of carbonyl (C=O) groups excluding carboxylic acids is 2. The number of imidazole rings is 1. The topological polar surface area (TPSA) is 116 Å². The standard InChI is InChI=1S/C28H28N6O3/c1-17(35)33-9-10-34-25(16-33)26(32-28(34)18-7-11-37-12-8-18)21-4-2-3-19-13-24(31-15-22(19)21)20-5-6-23(27(29)36)30-14-20/h2-6,13-15,18H,7-12,16H2,1H3,(H2,29,36). The van der Waals surface area contributed by atoms with E-state index in [1.807, 2.05) is 23.2 Å². The molecule has 9 heteroatoms. The fraction of sp³-hybridized carbons (Fsp3) is 0.321. The Morgan fingerprint density at radius 1 is 1.05 bits per heavy atom. The lowest BCUT2D eigenvalue weighted by Crippen LogP contribution is -2.37. The monoisotopic (exact) mass is 496 g/mol. The Balaban J connectivity index is 1.44. The molecule has 1 saturated heterocycles. The van der Waals surface area contributed by atoms with Gasteiger partial charge in [0.15, 0.2) is 0 Å². The first kappa shape index (κ1) is 23.3. The van der Waals surface area contributed by atoms with Crippen LogP contribution in [0.1, 0.15) is 47.7 Å². The highest BCUT2D eigenvalue weighted by atomic mass is 16.5. The Hall–Kier alpha value is -4.11. The summed E-state index contributed by atoms with van der Waals surface area (Å²) in [6.45, 7) is 5.10. The molecule has 3 aromatic heterocycles. The van der Waals surface area contributed by atoms with Crippen molar-refractivity contribution in [3.05, 3.63) is 66.0 Å². The van der Waals surface area contributed by atoms with Crippen molar-refractivity contribution in [3.63, 3.8) is 0 Å². The second-order valence-electron chi connectivity index (χ2n) is 9.64. The molecule has 0 unspecified atom stereocenters. The van der Waals surface area contributed by atoms with Crippen LogP contribution in [-0.4, -0.2) is 56.0 Å². The molecular weight excluding hydrogens is 468 g/mol. The van der Waals surface area contributed by atoms with Crippen LogP contribution in [0.15, 0.2) is 48.8 Å². The summed E-state index contributed by atoms with van der Waals surface area (Å²) in [4.78, 5) is 39.6. The number of nitrogens with zero attached hydrogens (tertiary/aromatic N) is 5. The number of amides is 2. The van der Waals surface area contributed by atoms with Crippen molar-refractivity contribution in [2.24, 2.45) is 5.73 Å². The van der Waals surface area contributed by atoms with Crippen LogP contribution in [0.5, 0.6) is 0 Å². The molecule has 5 heterocycles. The van der Waals surface area contributed by atoms with E-state index in [9.17, 15) is 9.59 Å². The number of nitrogens with two attached hydrogens (primary N) is 1. The van der Waals surface area contributed by atoms with Gasteiger partial charge in [-0.25, -0.2) is 4.98 Å². The lowest BCUT2D eigenvalue weighted by atomic mass is 9.99. The molecule has 9 nitrogen and oxygen atoms in total. The Kier molecular flexibility index (Phi) is 5.92. The molecule has 2 aliphatic rings. The minimum absolute atomic E-state index is 0.0752. The number of hydrogen-bond acceptors (Lipinski definition) is 6. The number of fused-ring (bicyclic) bond motifs is 2. The molecule has 0 aliphatic carbocycles. The quantitative estimate of drug-likeness (QED) is 0.462. The van der Waals surface area contributed by atoms with Gasteiger partial charge in [0.05, 0.1) is 23.6 Å². The van der Waals surface area contributed by atoms with E-state index in [2.05, 4.69) is 21.7 Å². The summed E-state index contributed by atoms with van der Waals surface area (Å²) in [5.74, 6) is 0.958. The average molecular weight is 497 g/mol. The lowest BCUT2D eigenvalue weighted by Gasteiger charge is -2.30. The molecule has 2 amide bonds. The lowest BCUT2D eigenvalue weighted by molar-refractivity contribution is -0.130. The van der Waals surface area contributed by atoms with Gasteiger partial charge in [0.1, 0.15) is 11.5 Å². The zero-order chi connectivity index (χ0) is 25.5. The number of primary amides is 1. The normalized spacial score (nSPS) is 16.1. The molecule has 0 spiro atoms. The first-order chi connectivity index (χ1) is 18.0. The Bertz CT molecular complexity index is 1500. The number of pyridine rings is 2. The van der Waals surface area contributed by atoms with Gasteiger partial charge in [-0.15, -0.1) is 0 Å². The largest absolute Gasteiger partial charge is 0.381 e. The molecule has 0 atom stereocenters. The zero-order valence-electron chi connectivity index (χ0n) is 20.7. The summed E-state index contributed by atoms with van der Waals surface area (Å²) in [5.41, 5.74) is 10.1. The summed E-state index contributed by atoms with van der Waals surface area (Å²) < 4.78 is 7.93. The summed E-state index contributed by atoms with van der Waals surface area (Å²) in [5, 5.41) is 2.02. The minimum atomic E-state index is -0.561. The van der Waals surface area contributed by atoms with Crippen LogP contribution in [-0.2, 0) is 22.6 Å². The van der Waals surface area contributed by atoms with Crippen molar-refractivity contribution in [3.8, 4) is 22.5 Å². The summed E-state index contributed by atoms with van der Waals surface area (Å²) in [7, 11) is 0. The third-order valence-corrected chi connectivity index (χ3v) is 7.40. The molecular formula is C28H28N6O3. The molecule has 2 N–H and O–H groups in total. The molecule has 0 bridgehead atoms. The Morgan fingerprint density at radius 3 is 2.62 bits per heavy atom. The number of benzene rings is 1. The molecule has 1 aromatic carbocycles. The van der Waals surface area contributed by atoms with Gasteiger partial charge < -0.3 is 19.9 Å². The van der Waals surface area contributed by atoms with Gasteiger partial charge >= 0.3 is 0 Å². The SMILES string of the molecule is CC(=O)N1CCn2c(C3CCOCC3)nc(-c3cccc4cc(-c5ccc(C(N)=O)nc5)ncc34)c2C1. The van der Waals surface area contributed by atoms with Crippen molar-refractivity contribution in [2.75, 3.05) is 19.8 Å². The van der Waals surface area contributed by atoms with E-state index in [1.54, 1.807) is 25.3 Å². The van der Waals surface area contributed by atoms with Crippen molar-refractivity contribution in [1.82, 2.24) is 24.4 Å². The summed E-state index contributed by atoms with van der Waals surface area (Å²) in [6.07, 6.45) is 5.39. The van der Waals surface area contributed by atoms with Gasteiger partial charge in [0.25, 0.3) is 5.91 Å². The van der Waals surface area contributed by atoms with Gasteiger partial charge in [-0.3, -0.25) is 19.6 Å². The van der Waals surface area contributed by atoms with E-state index in [4.69, 9.17) is 20.4 Å². The molecule has 4 aromatic rings. The second kappa shape index (κ2) is 9.40. The van der Waals surface area contributed by atoms with E-state index >= 15 is 0 Å². The molecule has 2 aliphatic heterocycles. The maximum Gasteiger partial charge on any atom is 0.267 e. The Labute approximate surface area is 214 Å².